The highest BCUT2D eigenvalue weighted by Crippen LogP contribution is 2.05. The zero-order chi connectivity index (χ0) is 11.7. The molecule has 0 atom stereocenters. The molecule has 0 aliphatic heterocycles. The Hall–Kier alpha value is -0.810. The summed E-state index contributed by atoms with van der Waals surface area (Å²) in [5.41, 5.74) is -0.147. The highest BCUT2D eigenvalue weighted by molar-refractivity contribution is 5.59. The molecule has 0 N–H and O–H groups in total. The van der Waals surface area contributed by atoms with Gasteiger partial charge in [0.25, 0.3) is 0 Å². The number of hydrogen-bond acceptors (Lipinski definition) is 5. The predicted octanol–water partition coefficient (Wildman–Crippen LogP) is 1.60. The van der Waals surface area contributed by atoms with E-state index in [1.165, 1.54) is 7.11 Å². The van der Waals surface area contributed by atoms with Crippen LogP contribution < -0.4 is 0 Å². The number of carbonyl (C=O) groups excluding carboxylic acids is 1. The minimum absolute atomic E-state index is 0.147. The van der Waals surface area contributed by atoms with Crippen LogP contribution in [-0.4, -0.2) is 45.3 Å². The lowest BCUT2D eigenvalue weighted by atomic mass is 10.2. The molecule has 0 rings (SSSR count). The van der Waals surface area contributed by atoms with Crippen molar-refractivity contribution in [3.05, 3.63) is 0 Å². The van der Waals surface area contributed by atoms with Crippen molar-refractivity contribution < 1.29 is 23.7 Å². The van der Waals surface area contributed by atoms with E-state index in [1.54, 1.807) is 0 Å². The fourth-order valence-electron chi connectivity index (χ4n) is 0.752. The van der Waals surface area contributed by atoms with E-state index in [4.69, 9.17) is 9.47 Å². The Morgan fingerprint density at radius 1 is 1.07 bits per heavy atom. The van der Waals surface area contributed by atoms with Crippen LogP contribution >= 0.6 is 0 Å². The monoisotopic (exact) mass is 220 g/mol. The largest absolute Gasteiger partial charge is 0.508 e. The van der Waals surface area contributed by atoms with Crippen LogP contribution in [0.5, 0.6) is 0 Å². The van der Waals surface area contributed by atoms with Crippen LogP contribution in [0.15, 0.2) is 0 Å². The van der Waals surface area contributed by atoms with Crippen LogP contribution in [0.4, 0.5) is 4.79 Å². The number of carbonyl (C=O) groups is 1. The quantitative estimate of drug-likeness (QED) is 0.502. The maximum Gasteiger partial charge on any atom is 0.508 e. The number of rotatable bonds is 6. The predicted molar refractivity (Wildman–Crippen MR) is 54.9 cm³/mol. The molecule has 0 fully saturated rings. The molecule has 0 unspecified atom stereocenters. The molecule has 0 amide bonds. The van der Waals surface area contributed by atoms with E-state index in [2.05, 4.69) is 9.47 Å². The molecule has 5 heteroatoms. The molecular formula is C10H20O5. The molecule has 0 saturated carbocycles. The lowest BCUT2D eigenvalue weighted by molar-refractivity contribution is -0.0408. The third-order valence-corrected chi connectivity index (χ3v) is 1.38. The Morgan fingerprint density at radius 3 is 2.20 bits per heavy atom. The van der Waals surface area contributed by atoms with E-state index in [-0.39, 0.29) is 12.2 Å². The topological polar surface area (TPSA) is 54.0 Å². The summed E-state index contributed by atoms with van der Waals surface area (Å²) >= 11 is 0. The first-order valence-electron chi connectivity index (χ1n) is 4.88. The summed E-state index contributed by atoms with van der Waals surface area (Å²) in [6.07, 6.45) is -0.690. The van der Waals surface area contributed by atoms with Gasteiger partial charge >= 0.3 is 6.16 Å². The summed E-state index contributed by atoms with van der Waals surface area (Å²) < 4.78 is 19.5. The van der Waals surface area contributed by atoms with E-state index in [0.717, 1.165) is 0 Å². The Bertz CT molecular complexity index is 173. The standard InChI is InChI=1S/C10H20O5/c1-10(2,3)15-8-6-13-5-7-14-9(11)12-4/h5-8H2,1-4H3. The van der Waals surface area contributed by atoms with E-state index < -0.39 is 6.16 Å². The van der Waals surface area contributed by atoms with Crippen molar-refractivity contribution in [1.29, 1.82) is 0 Å². The van der Waals surface area contributed by atoms with Gasteiger partial charge in [-0.2, -0.15) is 0 Å². The van der Waals surface area contributed by atoms with E-state index >= 15 is 0 Å². The van der Waals surface area contributed by atoms with Crippen LogP contribution in [0.1, 0.15) is 20.8 Å². The summed E-state index contributed by atoms with van der Waals surface area (Å²) in [5.74, 6) is 0. The Kier molecular flexibility index (Phi) is 7.07. The van der Waals surface area contributed by atoms with Crippen molar-refractivity contribution in [2.75, 3.05) is 33.5 Å². The summed E-state index contributed by atoms with van der Waals surface area (Å²) in [6, 6.07) is 0. The summed E-state index contributed by atoms with van der Waals surface area (Å²) in [5, 5.41) is 0. The highest BCUT2D eigenvalue weighted by atomic mass is 16.7. The molecule has 15 heavy (non-hydrogen) atoms. The van der Waals surface area contributed by atoms with Crippen molar-refractivity contribution in [1.82, 2.24) is 0 Å². The fourth-order valence-corrected chi connectivity index (χ4v) is 0.752. The second-order valence-corrected chi connectivity index (χ2v) is 3.88. The van der Waals surface area contributed by atoms with Crippen LogP contribution in [-0.2, 0) is 18.9 Å². The first-order chi connectivity index (χ1) is 6.95. The molecule has 0 aromatic carbocycles. The lowest BCUT2D eigenvalue weighted by Gasteiger charge is -2.19. The molecule has 90 valence electrons. The maximum absolute atomic E-state index is 10.5. The summed E-state index contributed by atoms with van der Waals surface area (Å²) in [4.78, 5) is 10.5. The van der Waals surface area contributed by atoms with Gasteiger partial charge in [-0.25, -0.2) is 4.79 Å². The van der Waals surface area contributed by atoms with Crippen molar-refractivity contribution in [2.24, 2.45) is 0 Å². The third kappa shape index (κ3) is 11.1. The average Bonchev–Trinajstić information content (AvgIpc) is 2.14. The van der Waals surface area contributed by atoms with Gasteiger partial charge in [-0.15, -0.1) is 0 Å². The zero-order valence-corrected chi connectivity index (χ0v) is 9.87. The Balaban J connectivity index is 3.16. The van der Waals surface area contributed by atoms with Gasteiger partial charge in [0, 0.05) is 0 Å². The average molecular weight is 220 g/mol. The molecule has 0 radical (unpaired) electrons. The zero-order valence-electron chi connectivity index (χ0n) is 9.87. The maximum atomic E-state index is 10.5. The van der Waals surface area contributed by atoms with Crippen molar-refractivity contribution >= 4 is 6.16 Å². The lowest BCUT2D eigenvalue weighted by Crippen LogP contribution is -2.22. The number of methoxy groups -OCH3 is 1. The minimum Gasteiger partial charge on any atom is -0.438 e. The van der Waals surface area contributed by atoms with Crippen molar-refractivity contribution in [3.63, 3.8) is 0 Å². The number of hydrogen-bond donors (Lipinski definition) is 0. The Labute approximate surface area is 90.6 Å². The SMILES string of the molecule is COC(=O)OCCOCCOC(C)(C)C. The van der Waals surface area contributed by atoms with Gasteiger partial charge in [0.05, 0.1) is 32.5 Å². The van der Waals surface area contributed by atoms with Gasteiger partial charge in [0.2, 0.25) is 0 Å². The second-order valence-electron chi connectivity index (χ2n) is 3.88. The smallest absolute Gasteiger partial charge is 0.438 e. The van der Waals surface area contributed by atoms with Gasteiger partial charge in [-0.05, 0) is 20.8 Å². The van der Waals surface area contributed by atoms with Gasteiger partial charge in [-0.1, -0.05) is 0 Å². The van der Waals surface area contributed by atoms with Crippen LogP contribution in [0.25, 0.3) is 0 Å². The first kappa shape index (κ1) is 14.2. The molecule has 5 nitrogen and oxygen atoms in total. The van der Waals surface area contributed by atoms with Gasteiger partial charge in [0.1, 0.15) is 6.61 Å². The van der Waals surface area contributed by atoms with E-state index in [1.807, 2.05) is 20.8 Å². The van der Waals surface area contributed by atoms with Crippen LogP contribution in [0, 0.1) is 0 Å². The molecular weight excluding hydrogens is 200 g/mol. The minimum atomic E-state index is -0.690. The fraction of sp³-hybridized carbons (Fsp3) is 0.900. The molecule has 0 aliphatic carbocycles. The molecule has 0 spiro atoms. The van der Waals surface area contributed by atoms with Crippen molar-refractivity contribution in [2.45, 2.75) is 26.4 Å². The third-order valence-electron chi connectivity index (χ3n) is 1.38. The molecule has 0 aliphatic rings. The van der Waals surface area contributed by atoms with Crippen LogP contribution in [0.3, 0.4) is 0 Å². The summed E-state index contributed by atoms with van der Waals surface area (Å²) in [7, 11) is 1.26. The molecule has 0 saturated heterocycles. The van der Waals surface area contributed by atoms with E-state index in [0.29, 0.717) is 19.8 Å². The molecule has 0 heterocycles. The second kappa shape index (κ2) is 7.48. The summed E-state index contributed by atoms with van der Waals surface area (Å²) in [6.45, 7) is 7.50. The molecule has 0 bridgehead atoms. The first-order valence-corrected chi connectivity index (χ1v) is 4.88. The normalized spacial score (nSPS) is 11.2. The van der Waals surface area contributed by atoms with Gasteiger partial charge in [0.15, 0.2) is 0 Å². The molecule has 0 aromatic rings. The van der Waals surface area contributed by atoms with E-state index in [9.17, 15) is 4.79 Å². The molecule has 0 aromatic heterocycles. The number of ether oxygens (including phenoxy) is 4. The highest BCUT2D eigenvalue weighted by Gasteiger charge is 2.08. The Morgan fingerprint density at radius 2 is 1.67 bits per heavy atom. The van der Waals surface area contributed by atoms with Gasteiger partial charge in [-0.3, -0.25) is 0 Å². The van der Waals surface area contributed by atoms with Crippen molar-refractivity contribution in [3.8, 4) is 0 Å². The van der Waals surface area contributed by atoms with Crippen LogP contribution in [0.2, 0.25) is 0 Å². The van der Waals surface area contributed by atoms with Gasteiger partial charge < -0.3 is 18.9 Å².